The second-order valence-electron chi connectivity index (χ2n) is 4.57. The number of hydrogen-bond donors (Lipinski definition) is 1. The summed E-state index contributed by atoms with van der Waals surface area (Å²) in [4.78, 5) is 0. The zero-order chi connectivity index (χ0) is 15.3. The van der Waals surface area contributed by atoms with Crippen LogP contribution in [0.15, 0.2) is 12.1 Å². The molecule has 1 N–H and O–H groups in total. The summed E-state index contributed by atoms with van der Waals surface area (Å²) in [6, 6.07) is 3.76. The molecule has 0 saturated carbocycles. The largest absolute Gasteiger partial charge is 0.496 e. The topological polar surface area (TPSA) is 67.9 Å². The third-order valence-corrected chi connectivity index (χ3v) is 4.49. The normalized spacial score (nSPS) is 11.7. The first-order valence-corrected chi connectivity index (χ1v) is 7.64. The molecule has 0 aliphatic carbocycles. The van der Waals surface area contributed by atoms with E-state index in [-0.39, 0.29) is 0 Å². The number of ether oxygens (including phenoxy) is 2. The average molecular weight is 302 g/mol. The van der Waals surface area contributed by atoms with Gasteiger partial charge < -0.3 is 9.47 Å². The molecule has 0 heterocycles. The molecule has 7 heteroatoms. The van der Waals surface area contributed by atoms with Crippen LogP contribution in [0, 0.1) is 6.92 Å². The second-order valence-corrected chi connectivity index (χ2v) is 6.53. The van der Waals surface area contributed by atoms with Gasteiger partial charge in [-0.15, -0.1) is 0 Å². The van der Waals surface area contributed by atoms with E-state index in [1.165, 1.54) is 14.1 Å². The van der Waals surface area contributed by atoms with Crippen molar-refractivity contribution in [2.24, 2.45) is 0 Å². The van der Waals surface area contributed by atoms with E-state index < -0.39 is 10.2 Å². The highest BCUT2D eigenvalue weighted by molar-refractivity contribution is 7.87. The quantitative estimate of drug-likeness (QED) is 0.814. The highest BCUT2D eigenvalue weighted by atomic mass is 32.2. The van der Waals surface area contributed by atoms with Crippen LogP contribution in [0.3, 0.4) is 0 Å². The Labute approximate surface area is 120 Å². The number of nitrogens with one attached hydrogen (secondary N) is 1. The first-order valence-electron chi connectivity index (χ1n) is 6.20. The van der Waals surface area contributed by atoms with Gasteiger partial charge in [-0.05, 0) is 36.6 Å². The summed E-state index contributed by atoms with van der Waals surface area (Å²) < 4.78 is 37.5. The Balaban J connectivity index is 2.82. The number of methoxy groups -OCH3 is 2. The van der Waals surface area contributed by atoms with Gasteiger partial charge in [0, 0.05) is 20.6 Å². The monoisotopic (exact) mass is 302 g/mol. The lowest BCUT2D eigenvalue weighted by molar-refractivity contribution is 0.396. The maximum atomic E-state index is 11.6. The Morgan fingerprint density at radius 2 is 1.75 bits per heavy atom. The molecule has 1 aromatic rings. The SMILES string of the molecule is COc1cc(CCNS(=O)(=O)N(C)C)c(OC)cc1C. The summed E-state index contributed by atoms with van der Waals surface area (Å²) in [5.74, 6) is 1.49. The Hall–Kier alpha value is -1.31. The van der Waals surface area contributed by atoms with Crippen LogP contribution in [0.2, 0.25) is 0 Å². The predicted octanol–water partition coefficient (Wildman–Crippen LogP) is 0.951. The molecule has 0 amide bonds. The number of nitrogens with zero attached hydrogens (tertiary/aromatic N) is 1. The maximum absolute atomic E-state index is 11.6. The van der Waals surface area contributed by atoms with Crippen molar-refractivity contribution in [3.05, 3.63) is 23.3 Å². The molecule has 20 heavy (non-hydrogen) atoms. The van der Waals surface area contributed by atoms with Gasteiger partial charge in [0.25, 0.3) is 10.2 Å². The van der Waals surface area contributed by atoms with Crippen LogP contribution in [0.4, 0.5) is 0 Å². The average Bonchev–Trinajstić information content (AvgIpc) is 2.39. The van der Waals surface area contributed by atoms with Crippen LogP contribution < -0.4 is 14.2 Å². The fourth-order valence-electron chi connectivity index (χ4n) is 1.75. The molecule has 0 aromatic heterocycles. The van der Waals surface area contributed by atoms with Gasteiger partial charge in [0.05, 0.1) is 14.2 Å². The number of aryl methyl sites for hydroxylation is 1. The Morgan fingerprint density at radius 3 is 2.25 bits per heavy atom. The molecule has 0 aliphatic heterocycles. The van der Waals surface area contributed by atoms with Gasteiger partial charge in [0.2, 0.25) is 0 Å². The number of rotatable bonds is 7. The lowest BCUT2D eigenvalue weighted by Crippen LogP contribution is -2.36. The van der Waals surface area contributed by atoms with Crippen LogP contribution >= 0.6 is 0 Å². The molecule has 0 saturated heterocycles. The summed E-state index contributed by atoms with van der Waals surface area (Å²) >= 11 is 0. The molecule has 0 fully saturated rings. The lowest BCUT2D eigenvalue weighted by Gasteiger charge is -2.15. The molecule has 0 unspecified atom stereocenters. The summed E-state index contributed by atoms with van der Waals surface area (Å²) in [6.45, 7) is 2.23. The van der Waals surface area contributed by atoms with Crippen molar-refractivity contribution in [3.8, 4) is 11.5 Å². The number of hydrogen-bond acceptors (Lipinski definition) is 4. The predicted molar refractivity (Wildman–Crippen MR) is 78.6 cm³/mol. The molecular formula is C13H22N2O4S. The lowest BCUT2D eigenvalue weighted by atomic mass is 10.1. The molecule has 0 bridgehead atoms. The van der Waals surface area contributed by atoms with E-state index in [2.05, 4.69) is 4.72 Å². The zero-order valence-electron chi connectivity index (χ0n) is 12.6. The summed E-state index contributed by atoms with van der Waals surface area (Å²) in [7, 11) is 2.76. The third kappa shape index (κ3) is 4.09. The van der Waals surface area contributed by atoms with Crippen molar-refractivity contribution < 1.29 is 17.9 Å². The van der Waals surface area contributed by atoms with Gasteiger partial charge in [-0.25, -0.2) is 4.72 Å². The van der Waals surface area contributed by atoms with Crippen LogP contribution in [0.1, 0.15) is 11.1 Å². The molecule has 1 rings (SSSR count). The third-order valence-electron chi connectivity index (χ3n) is 2.96. The van der Waals surface area contributed by atoms with Crippen molar-refractivity contribution in [2.45, 2.75) is 13.3 Å². The molecule has 0 radical (unpaired) electrons. The van der Waals surface area contributed by atoms with Crippen LogP contribution in [0.25, 0.3) is 0 Å². The number of benzene rings is 1. The minimum absolute atomic E-state index is 0.295. The van der Waals surface area contributed by atoms with Crippen molar-refractivity contribution >= 4 is 10.2 Å². The molecule has 6 nitrogen and oxygen atoms in total. The van der Waals surface area contributed by atoms with Crippen LogP contribution in [-0.2, 0) is 16.6 Å². The van der Waals surface area contributed by atoms with Crippen LogP contribution in [0.5, 0.6) is 11.5 Å². The molecule has 1 aromatic carbocycles. The molecule has 0 aliphatic rings. The molecule has 0 atom stereocenters. The van der Waals surface area contributed by atoms with E-state index in [1.54, 1.807) is 14.2 Å². The maximum Gasteiger partial charge on any atom is 0.278 e. The van der Waals surface area contributed by atoms with E-state index in [4.69, 9.17) is 9.47 Å². The van der Waals surface area contributed by atoms with Crippen molar-refractivity contribution in [1.29, 1.82) is 0 Å². The fourth-order valence-corrected chi connectivity index (χ4v) is 2.37. The van der Waals surface area contributed by atoms with Crippen molar-refractivity contribution in [3.63, 3.8) is 0 Å². The minimum atomic E-state index is -3.40. The van der Waals surface area contributed by atoms with Gasteiger partial charge in [-0.3, -0.25) is 0 Å². The van der Waals surface area contributed by atoms with E-state index in [9.17, 15) is 8.42 Å². The Morgan fingerprint density at radius 1 is 1.15 bits per heavy atom. The van der Waals surface area contributed by atoms with E-state index in [1.807, 2.05) is 19.1 Å². The van der Waals surface area contributed by atoms with E-state index in [0.29, 0.717) is 13.0 Å². The summed E-state index contributed by atoms with van der Waals surface area (Å²) in [5.41, 5.74) is 1.87. The summed E-state index contributed by atoms with van der Waals surface area (Å²) in [5, 5.41) is 0. The fraction of sp³-hybridized carbons (Fsp3) is 0.538. The van der Waals surface area contributed by atoms with Gasteiger partial charge in [0.15, 0.2) is 0 Å². The van der Waals surface area contributed by atoms with E-state index in [0.717, 1.165) is 26.9 Å². The smallest absolute Gasteiger partial charge is 0.278 e. The molecule has 114 valence electrons. The molecular weight excluding hydrogens is 280 g/mol. The van der Waals surface area contributed by atoms with Crippen LogP contribution in [-0.4, -0.2) is 47.6 Å². The Bertz CT molecular complexity index is 556. The van der Waals surface area contributed by atoms with Gasteiger partial charge in [-0.1, -0.05) is 0 Å². The van der Waals surface area contributed by atoms with Crippen molar-refractivity contribution in [2.75, 3.05) is 34.9 Å². The van der Waals surface area contributed by atoms with Gasteiger partial charge in [-0.2, -0.15) is 12.7 Å². The standard InChI is InChI=1S/C13H22N2O4S/c1-10-8-13(19-5)11(9-12(10)18-4)6-7-14-20(16,17)15(2)3/h8-9,14H,6-7H2,1-5H3. The Kier molecular flexibility index (Phi) is 5.79. The zero-order valence-corrected chi connectivity index (χ0v) is 13.4. The molecule has 0 spiro atoms. The first kappa shape index (κ1) is 16.7. The highest BCUT2D eigenvalue weighted by Gasteiger charge is 2.13. The minimum Gasteiger partial charge on any atom is -0.496 e. The van der Waals surface area contributed by atoms with E-state index >= 15 is 0 Å². The first-order chi connectivity index (χ1) is 9.31. The second kappa shape index (κ2) is 6.92. The van der Waals surface area contributed by atoms with Crippen molar-refractivity contribution in [1.82, 2.24) is 9.03 Å². The van der Waals surface area contributed by atoms with Gasteiger partial charge >= 0.3 is 0 Å². The summed E-state index contributed by atoms with van der Waals surface area (Å²) in [6.07, 6.45) is 0.521. The van der Waals surface area contributed by atoms with Gasteiger partial charge in [0.1, 0.15) is 11.5 Å². The highest BCUT2D eigenvalue weighted by Crippen LogP contribution is 2.28.